The predicted molar refractivity (Wildman–Crippen MR) is 166 cm³/mol. The summed E-state index contributed by atoms with van der Waals surface area (Å²) in [6, 6.07) is 11.4. The molecule has 2 aromatic carbocycles. The number of pyridine rings is 1. The van der Waals surface area contributed by atoms with Gasteiger partial charge in [0.25, 0.3) is 0 Å². The Morgan fingerprint density at radius 1 is 1.07 bits per heavy atom. The maximum absolute atomic E-state index is 14.6. The topological polar surface area (TPSA) is 127 Å². The van der Waals surface area contributed by atoms with E-state index in [4.69, 9.17) is 9.72 Å². The molecule has 1 aliphatic heterocycles. The van der Waals surface area contributed by atoms with Crippen LogP contribution in [0.4, 0.5) is 10.1 Å². The molecule has 1 saturated heterocycles. The van der Waals surface area contributed by atoms with E-state index in [9.17, 15) is 18.8 Å². The quantitative estimate of drug-likeness (QED) is 0.161. The summed E-state index contributed by atoms with van der Waals surface area (Å²) in [7, 11) is 0. The Bertz CT molecular complexity index is 1660. The number of nitrogens with one attached hydrogen (secondary N) is 3. The van der Waals surface area contributed by atoms with E-state index in [1.165, 1.54) is 6.07 Å². The molecule has 1 aliphatic rings. The Balaban J connectivity index is 1.24. The molecule has 0 unspecified atom stereocenters. The molecule has 2 amide bonds. The van der Waals surface area contributed by atoms with Gasteiger partial charge >= 0.3 is 0 Å². The molecule has 0 atom stereocenters. The van der Waals surface area contributed by atoms with Gasteiger partial charge in [-0.25, -0.2) is 14.1 Å². The minimum absolute atomic E-state index is 0.119. The number of aldehydes is 1. The standard InChI is InChI=1S/C33H37FN6O4/c1-3-29-26(32(38-24-10-12-44-13-11-24)27-19-37-40(4-2)33(27)39-29)18-36-31(43)16-30(42)35-17-21-8-9-28(34)25(15-21)23-7-5-6-22(14-23)20-41/h5-9,14-15,19-20,24H,3-4,10-13,16-18H2,1-2H3,(H,35,42)(H,36,43)(H,38,39). The van der Waals surface area contributed by atoms with Crippen molar-refractivity contribution in [3.8, 4) is 11.1 Å². The Morgan fingerprint density at radius 3 is 2.57 bits per heavy atom. The van der Waals surface area contributed by atoms with Gasteiger partial charge in [-0.1, -0.05) is 31.2 Å². The second-order valence-electron chi connectivity index (χ2n) is 10.8. The fourth-order valence-electron chi connectivity index (χ4n) is 5.44. The number of halogens is 1. The molecule has 0 spiro atoms. The van der Waals surface area contributed by atoms with Crippen LogP contribution in [0.1, 0.15) is 60.3 Å². The van der Waals surface area contributed by atoms with Crippen LogP contribution in [-0.2, 0) is 40.4 Å². The summed E-state index contributed by atoms with van der Waals surface area (Å²) in [5, 5.41) is 14.7. The third-order valence-corrected chi connectivity index (χ3v) is 7.81. The zero-order valence-electron chi connectivity index (χ0n) is 25.0. The van der Waals surface area contributed by atoms with Gasteiger partial charge in [-0.2, -0.15) is 5.10 Å². The molecule has 10 nitrogen and oxygen atoms in total. The molecular weight excluding hydrogens is 563 g/mol. The number of carbonyl (C=O) groups excluding carboxylic acids is 3. The molecule has 230 valence electrons. The van der Waals surface area contributed by atoms with Crippen molar-refractivity contribution in [1.82, 2.24) is 25.4 Å². The third-order valence-electron chi connectivity index (χ3n) is 7.81. The lowest BCUT2D eigenvalue weighted by Crippen LogP contribution is -2.32. The van der Waals surface area contributed by atoms with Crippen molar-refractivity contribution in [2.45, 2.75) is 65.2 Å². The second-order valence-corrected chi connectivity index (χ2v) is 10.8. The first-order valence-electron chi connectivity index (χ1n) is 15.0. The van der Waals surface area contributed by atoms with Crippen molar-refractivity contribution >= 4 is 34.8 Å². The van der Waals surface area contributed by atoms with Gasteiger partial charge in [0.05, 0.1) is 17.3 Å². The number of fused-ring (bicyclic) bond motifs is 1. The van der Waals surface area contributed by atoms with Crippen molar-refractivity contribution < 1.29 is 23.5 Å². The lowest BCUT2D eigenvalue weighted by Gasteiger charge is -2.26. The van der Waals surface area contributed by atoms with E-state index < -0.39 is 17.6 Å². The van der Waals surface area contributed by atoms with Gasteiger partial charge in [-0.05, 0) is 55.5 Å². The van der Waals surface area contributed by atoms with E-state index >= 15 is 0 Å². The zero-order chi connectivity index (χ0) is 31.1. The average Bonchev–Trinajstić information content (AvgIpc) is 3.47. The molecular formula is C33H37FN6O4. The SMILES string of the molecule is CCc1nc2c(cnn2CC)c(NC2CCOCC2)c1CNC(=O)CC(=O)NCc1ccc(F)c(-c2cccc(C=O)c2)c1. The lowest BCUT2D eigenvalue weighted by atomic mass is 10.0. The lowest BCUT2D eigenvalue weighted by molar-refractivity contribution is -0.129. The van der Waals surface area contributed by atoms with Crippen LogP contribution in [0.25, 0.3) is 22.2 Å². The van der Waals surface area contributed by atoms with Crippen LogP contribution in [0.2, 0.25) is 0 Å². The highest BCUT2D eigenvalue weighted by atomic mass is 19.1. The maximum atomic E-state index is 14.6. The minimum Gasteiger partial charge on any atom is -0.381 e. The molecule has 3 N–H and O–H groups in total. The number of ether oxygens (including phenoxy) is 1. The number of aryl methyl sites for hydroxylation is 2. The summed E-state index contributed by atoms with van der Waals surface area (Å²) >= 11 is 0. The highest BCUT2D eigenvalue weighted by molar-refractivity contribution is 5.97. The van der Waals surface area contributed by atoms with Gasteiger partial charge in [0.2, 0.25) is 11.8 Å². The number of hydrogen-bond donors (Lipinski definition) is 3. The van der Waals surface area contributed by atoms with Crippen LogP contribution < -0.4 is 16.0 Å². The Morgan fingerprint density at radius 2 is 1.84 bits per heavy atom. The van der Waals surface area contributed by atoms with Gasteiger partial charge in [0.15, 0.2) is 5.65 Å². The fourth-order valence-corrected chi connectivity index (χ4v) is 5.44. The number of amides is 2. The first-order valence-corrected chi connectivity index (χ1v) is 15.0. The Labute approximate surface area is 255 Å². The molecule has 11 heteroatoms. The summed E-state index contributed by atoms with van der Waals surface area (Å²) in [5.74, 6) is -1.31. The number of benzene rings is 2. The number of carbonyl (C=O) groups is 3. The van der Waals surface area contributed by atoms with Gasteiger partial charge in [-0.3, -0.25) is 14.4 Å². The monoisotopic (exact) mass is 600 g/mol. The van der Waals surface area contributed by atoms with E-state index in [1.807, 2.05) is 24.7 Å². The molecule has 0 aliphatic carbocycles. The summed E-state index contributed by atoms with van der Waals surface area (Å²) < 4.78 is 22.0. The average molecular weight is 601 g/mol. The predicted octanol–water partition coefficient (Wildman–Crippen LogP) is 4.55. The highest BCUT2D eigenvalue weighted by Gasteiger charge is 2.22. The van der Waals surface area contributed by atoms with E-state index in [-0.39, 0.29) is 25.6 Å². The van der Waals surface area contributed by atoms with Gasteiger partial charge in [0, 0.05) is 61.3 Å². The Hall–Kier alpha value is -4.64. The second kappa shape index (κ2) is 14.2. The van der Waals surface area contributed by atoms with E-state index in [0.717, 1.165) is 40.8 Å². The molecule has 1 fully saturated rings. The number of anilines is 1. The van der Waals surface area contributed by atoms with E-state index in [0.29, 0.717) is 54.7 Å². The molecule has 0 bridgehead atoms. The molecule has 4 aromatic rings. The van der Waals surface area contributed by atoms with E-state index in [2.05, 4.69) is 21.0 Å². The molecule has 5 rings (SSSR count). The molecule has 0 saturated carbocycles. The Kier molecular flexibility index (Phi) is 9.96. The summed E-state index contributed by atoms with van der Waals surface area (Å²) in [5.41, 5.74) is 5.44. The smallest absolute Gasteiger partial charge is 0.229 e. The normalized spacial score (nSPS) is 13.5. The molecule has 2 aromatic heterocycles. The largest absolute Gasteiger partial charge is 0.381 e. The van der Waals surface area contributed by atoms with Crippen LogP contribution >= 0.6 is 0 Å². The summed E-state index contributed by atoms with van der Waals surface area (Å²) in [6.07, 6.45) is 4.57. The highest BCUT2D eigenvalue weighted by Crippen LogP contribution is 2.31. The first kappa shape index (κ1) is 30.8. The number of nitrogens with zero attached hydrogens (tertiary/aromatic N) is 3. The zero-order valence-corrected chi connectivity index (χ0v) is 25.0. The number of rotatable bonds is 12. The van der Waals surface area contributed by atoms with Crippen LogP contribution in [0.3, 0.4) is 0 Å². The van der Waals surface area contributed by atoms with Gasteiger partial charge < -0.3 is 20.7 Å². The van der Waals surface area contributed by atoms with Gasteiger partial charge in [0.1, 0.15) is 18.5 Å². The molecule has 0 radical (unpaired) electrons. The van der Waals surface area contributed by atoms with Crippen LogP contribution in [0.5, 0.6) is 0 Å². The van der Waals surface area contributed by atoms with Gasteiger partial charge in [-0.15, -0.1) is 0 Å². The van der Waals surface area contributed by atoms with Crippen LogP contribution in [-0.4, -0.2) is 52.1 Å². The van der Waals surface area contributed by atoms with E-state index in [1.54, 1.807) is 36.4 Å². The first-order chi connectivity index (χ1) is 21.4. The minimum atomic E-state index is -0.453. The molecule has 44 heavy (non-hydrogen) atoms. The van der Waals surface area contributed by atoms with Crippen molar-refractivity contribution in [3.05, 3.63) is 76.9 Å². The summed E-state index contributed by atoms with van der Waals surface area (Å²) in [6.45, 7) is 6.44. The summed E-state index contributed by atoms with van der Waals surface area (Å²) in [4.78, 5) is 41.6. The maximum Gasteiger partial charge on any atom is 0.229 e. The van der Waals surface area contributed by atoms with Crippen LogP contribution in [0, 0.1) is 5.82 Å². The van der Waals surface area contributed by atoms with Crippen molar-refractivity contribution in [3.63, 3.8) is 0 Å². The third kappa shape index (κ3) is 7.11. The number of hydrogen-bond acceptors (Lipinski definition) is 7. The number of aromatic nitrogens is 3. The van der Waals surface area contributed by atoms with Crippen molar-refractivity contribution in [1.29, 1.82) is 0 Å². The van der Waals surface area contributed by atoms with Crippen LogP contribution in [0.15, 0.2) is 48.7 Å². The van der Waals surface area contributed by atoms with Crippen molar-refractivity contribution in [2.75, 3.05) is 18.5 Å². The fraction of sp³-hybridized carbons (Fsp3) is 0.364. The van der Waals surface area contributed by atoms with Crippen molar-refractivity contribution in [2.24, 2.45) is 0 Å². The molecule has 3 heterocycles.